The van der Waals surface area contributed by atoms with Crippen molar-refractivity contribution in [2.45, 2.75) is 6.04 Å². The topological polar surface area (TPSA) is 47.6 Å². The van der Waals surface area contributed by atoms with Gasteiger partial charge in [0, 0.05) is 17.8 Å². The third-order valence-corrected chi connectivity index (χ3v) is 4.47. The van der Waals surface area contributed by atoms with E-state index in [-0.39, 0.29) is 6.04 Å². The van der Waals surface area contributed by atoms with Crippen LogP contribution in [0, 0.1) is 0 Å². The van der Waals surface area contributed by atoms with E-state index in [2.05, 4.69) is 5.16 Å². The van der Waals surface area contributed by atoms with Crippen LogP contribution in [0.2, 0.25) is 0 Å². The highest BCUT2D eigenvalue weighted by atomic mass is 16.5. The molecule has 0 aliphatic heterocycles. The fourth-order valence-corrected chi connectivity index (χ4v) is 2.98. The van der Waals surface area contributed by atoms with Crippen molar-refractivity contribution in [3.05, 3.63) is 108 Å². The zero-order valence-electron chi connectivity index (χ0n) is 15.5. The van der Waals surface area contributed by atoms with Gasteiger partial charge in [-0.1, -0.05) is 65.8 Å². The quantitative estimate of drug-likeness (QED) is 0.419. The van der Waals surface area contributed by atoms with Gasteiger partial charge < -0.3 is 9.26 Å². The van der Waals surface area contributed by atoms with Crippen LogP contribution in [0.3, 0.4) is 0 Å². The molecule has 1 unspecified atom stereocenters. The lowest BCUT2D eigenvalue weighted by atomic mass is 10.0. The summed E-state index contributed by atoms with van der Waals surface area (Å²) in [5.74, 6) is 1.55. The molecular weight excluding hydrogens is 348 g/mol. The number of benzene rings is 3. The molecule has 4 heteroatoms. The maximum Gasteiger partial charge on any atom is 0.167 e. The van der Waals surface area contributed by atoms with Gasteiger partial charge in [0.2, 0.25) is 0 Å². The smallest absolute Gasteiger partial charge is 0.167 e. The normalized spacial score (nSPS) is 12.2. The maximum atomic E-state index is 5.60. The second kappa shape index (κ2) is 8.35. The van der Waals surface area contributed by atoms with Crippen LogP contribution in [0.25, 0.3) is 11.3 Å². The van der Waals surface area contributed by atoms with Gasteiger partial charge in [0.15, 0.2) is 5.76 Å². The maximum absolute atomic E-state index is 5.60. The number of hydrogen-bond donors (Lipinski definition) is 0. The van der Waals surface area contributed by atoms with Crippen LogP contribution < -0.4 is 4.74 Å². The number of aliphatic imine (C=N–C) groups is 1. The van der Waals surface area contributed by atoms with Gasteiger partial charge in [0.25, 0.3) is 0 Å². The van der Waals surface area contributed by atoms with Crippen molar-refractivity contribution in [3.63, 3.8) is 0 Å². The van der Waals surface area contributed by atoms with Gasteiger partial charge in [-0.15, -0.1) is 0 Å². The lowest BCUT2D eigenvalue weighted by Gasteiger charge is -2.09. The summed E-state index contributed by atoms with van der Waals surface area (Å²) in [4.78, 5) is 4.81. The minimum atomic E-state index is -0.246. The van der Waals surface area contributed by atoms with Gasteiger partial charge in [-0.25, -0.2) is 0 Å². The molecule has 1 atom stereocenters. The van der Waals surface area contributed by atoms with Crippen molar-refractivity contribution in [1.29, 1.82) is 0 Å². The summed E-state index contributed by atoms with van der Waals surface area (Å²) in [6.07, 6.45) is 1.86. The highest BCUT2D eigenvalue weighted by Crippen LogP contribution is 2.29. The van der Waals surface area contributed by atoms with Gasteiger partial charge in [-0.05, 0) is 35.4 Å². The molecule has 0 fully saturated rings. The fourth-order valence-electron chi connectivity index (χ4n) is 2.98. The molecule has 0 amide bonds. The first-order valence-corrected chi connectivity index (χ1v) is 9.08. The summed E-state index contributed by atoms with van der Waals surface area (Å²) < 4.78 is 10.8. The molecule has 1 aromatic heterocycles. The van der Waals surface area contributed by atoms with Gasteiger partial charge in [-0.2, -0.15) is 0 Å². The van der Waals surface area contributed by atoms with Crippen LogP contribution in [-0.4, -0.2) is 18.5 Å². The molecule has 28 heavy (non-hydrogen) atoms. The minimum Gasteiger partial charge on any atom is -0.497 e. The Kier molecular flexibility index (Phi) is 5.29. The lowest BCUT2D eigenvalue weighted by Crippen LogP contribution is -1.99. The van der Waals surface area contributed by atoms with E-state index in [0.717, 1.165) is 33.9 Å². The van der Waals surface area contributed by atoms with E-state index in [9.17, 15) is 0 Å². The summed E-state index contributed by atoms with van der Waals surface area (Å²) in [7, 11) is 1.66. The molecule has 0 N–H and O–H groups in total. The third-order valence-electron chi connectivity index (χ3n) is 4.47. The molecule has 0 aliphatic carbocycles. The lowest BCUT2D eigenvalue weighted by molar-refractivity contribution is 0.415. The van der Waals surface area contributed by atoms with Crippen LogP contribution in [0.1, 0.15) is 22.9 Å². The Morgan fingerprint density at radius 1 is 0.893 bits per heavy atom. The van der Waals surface area contributed by atoms with Crippen LogP contribution in [-0.2, 0) is 0 Å². The number of hydrogen-bond acceptors (Lipinski definition) is 4. The van der Waals surface area contributed by atoms with Gasteiger partial charge in [0.05, 0.1) is 7.11 Å². The average molecular weight is 368 g/mol. The Hall–Kier alpha value is -3.66. The Morgan fingerprint density at radius 2 is 1.57 bits per heavy atom. The minimum absolute atomic E-state index is 0.246. The van der Waals surface area contributed by atoms with Crippen LogP contribution in [0.4, 0.5) is 0 Å². The highest BCUT2D eigenvalue weighted by Gasteiger charge is 2.18. The Balaban J connectivity index is 1.66. The number of nitrogens with zero attached hydrogens (tertiary/aromatic N) is 2. The number of ether oxygens (including phenoxy) is 1. The molecule has 0 saturated heterocycles. The standard InChI is InChI=1S/C24H20N2O2/c1-27-21-14-12-18(13-15-21)17-25-24(20-10-6-3-7-11-20)22-16-23(28-26-22)19-8-4-2-5-9-19/h2-17,24H,1H3. The van der Waals surface area contributed by atoms with Gasteiger partial charge >= 0.3 is 0 Å². The molecule has 1 heterocycles. The van der Waals surface area contributed by atoms with E-state index in [1.807, 2.05) is 97.2 Å². The van der Waals surface area contributed by atoms with E-state index >= 15 is 0 Å². The second-order valence-corrected chi connectivity index (χ2v) is 6.35. The van der Waals surface area contributed by atoms with Crippen molar-refractivity contribution < 1.29 is 9.26 Å². The fraction of sp³-hybridized carbons (Fsp3) is 0.0833. The third kappa shape index (κ3) is 4.01. The molecular formula is C24H20N2O2. The zero-order chi connectivity index (χ0) is 19.2. The average Bonchev–Trinajstić information content (AvgIpc) is 3.26. The summed E-state index contributed by atoms with van der Waals surface area (Å²) in [6.45, 7) is 0. The molecule has 0 bridgehead atoms. The second-order valence-electron chi connectivity index (χ2n) is 6.35. The number of methoxy groups -OCH3 is 1. The Morgan fingerprint density at radius 3 is 2.25 bits per heavy atom. The van der Waals surface area contributed by atoms with Crippen LogP contribution in [0.15, 0.2) is 101 Å². The van der Waals surface area contributed by atoms with Gasteiger partial charge in [-0.3, -0.25) is 4.99 Å². The van der Waals surface area contributed by atoms with E-state index in [4.69, 9.17) is 14.3 Å². The largest absolute Gasteiger partial charge is 0.497 e. The van der Waals surface area contributed by atoms with E-state index < -0.39 is 0 Å². The molecule has 4 nitrogen and oxygen atoms in total. The van der Waals surface area contributed by atoms with Crippen molar-refractivity contribution in [3.8, 4) is 17.1 Å². The monoisotopic (exact) mass is 368 g/mol. The van der Waals surface area contributed by atoms with E-state index in [1.165, 1.54) is 0 Å². The van der Waals surface area contributed by atoms with Crippen molar-refractivity contribution in [2.24, 2.45) is 4.99 Å². The molecule has 0 radical (unpaired) electrons. The first-order valence-electron chi connectivity index (χ1n) is 9.08. The Labute approximate surface area is 164 Å². The molecule has 138 valence electrons. The predicted molar refractivity (Wildman–Crippen MR) is 111 cm³/mol. The molecule has 4 rings (SSSR count). The first kappa shape index (κ1) is 17.7. The summed E-state index contributed by atoms with van der Waals surface area (Å²) >= 11 is 0. The van der Waals surface area contributed by atoms with Crippen molar-refractivity contribution >= 4 is 6.21 Å². The molecule has 4 aromatic rings. The van der Waals surface area contributed by atoms with Crippen LogP contribution in [0.5, 0.6) is 5.75 Å². The number of rotatable bonds is 6. The zero-order valence-corrected chi connectivity index (χ0v) is 15.5. The highest BCUT2D eigenvalue weighted by molar-refractivity contribution is 5.80. The van der Waals surface area contributed by atoms with Crippen molar-refractivity contribution in [1.82, 2.24) is 5.16 Å². The van der Waals surface area contributed by atoms with Crippen molar-refractivity contribution in [2.75, 3.05) is 7.11 Å². The number of aromatic nitrogens is 1. The summed E-state index contributed by atoms with van der Waals surface area (Å²) in [6, 6.07) is 29.5. The van der Waals surface area contributed by atoms with E-state index in [1.54, 1.807) is 7.11 Å². The molecule has 0 spiro atoms. The van der Waals surface area contributed by atoms with E-state index in [0.29, 0.717) is 0 Å². The van der Waals surface area contributed by atoms with Crippen LogP contribution >= 0.6 is 0 Å². The SMILES string of the molecule is COc1ccc(C=NC(c2ccccc2)c2cc(-c3ccccc3)on2)cc1. The van der Waals surface area contributed by atoms with Gasteiger partial charge in [0.1, 0.15) is 17.5 Å². The summed E-state index contributed by atoms with van der Waals surface area (Å²) in [5.41, 5.74) is 3.82. The summed E-state index contributed by atoms with van der Waals surface area (Å²) in [5, 5.41) is 4.30. The predicted octanol–water partition coefficient (Wildman–Crippen LogP) is 5.56. The molecule has 3 aromatic carbocycles. The molecule has 0 aliphatic rings. The Bertz CT molecular complexity index is 1040. The molecule has 0 saturated carbocycles. The first-order chi connectivity index (χ1) is 13.8.